The Morgan fingerprint density at radius 3 is 2.88 bits per heavy atom. The maximum absolute atomic E-state index is 13.2. The summed E-state index contributed by atoms with van der Waals surface area (Å²) < 4.78 is 13.2. The number of hydrogen-bond acceptors (Lipinski definition) is 1. The van der Waals surface area contributed by atoms with Crippen LogP contribution in [0.2, 0.25) is 0 Å². The average molecular weight is 219 g/mol. The lowest BCUT2D eigenvalue weighted by molar-refractivity contribution is -0.120. The average Bonchev–Trinajstić information content (AvgIpc) is 2.28. The van der Waals surface area contributed by atoms with Gasteiger partial charge in [-0.3, -0.25) is 4.79 Å². The fraction of sp³-hybridized carbons (Fsp3) is 0.308. The highest BCUT2D eigenvalue weighted by atomic mass is 19.1. The molecule has 0 aliphatic carbocycles. The summed E-state index contributed by atoms with van der Waals surface area (Å²) in [7, 11) is 0. The van der Waals surface area contributed by atoms with E-state index in [0.717, 1.165) is 6.42 Å². The minimum Gasteiger partial charge on any atom is -0.356 e. The molecular weight excluding hydrogens is 205 g/mol. The van der Waals surface area contributed by atoms with Crippen LogP contribution in [0.1, 0.15) is 18.4 Å². The van der Waals surface area contributed by atoms with E-state index >= 15 is 0 Å². The molecule has 1 aromatic rings. The van der Waals surface area contributed by atoms with Crippen molar-refractivity contribution in [1.82, 2.24) is 5.32 Å². The molecule has 0 saturated heterocycles. The van der Waals surface area contributed by atoms with Crippen LogP contribution in [0.4, 0.5) is 4.39 Å². The maximum atomic E-state index is 13.2. The molecule has 0 aliphatic heterocycles. The van der Waals surface area contributed by atoms with Gasteiger partial charge in [0.15, 0.2) is 0 Å². The third-order valence-corrected chi connectivity index (χ3v) is 2.13. The number of nitrogens with one attached hydrogen (secondary N) is 1. The van der Waals surface area contributed by atoms with E-state index in [-0.39, 0.29) is 18.1 Å². The van der Waals surface area contributed by atoms with Crippen molar-refractivity contribution in [3.8, 4) is 12.3 Å². The first kappa shape index (κ1) is 12.3. The van der Waals surface area contributed by atoms with E-state index in [1.54, 1.807) is 18.2 Å². The fourth-order valence-corrected chi connectivity index (χ4v) is 1.30. The minimum atomic E-state index is -0.346. The van der Waals surface area contributed by atoms with E-state index in [2.05, 4.69) is 11.2 Å². The predicted molar refractivity (Wildman–Crippen MR) is 61.2 cm³/mol. The Hall–Kier alpha value is -1.82. The molecule has 0 saturated carbocycles. The number of carbonyl (C=O) groups is 1. The molecule has 3 heteroatoms. The lowest BCUT2D eigenvalue weighted by Crippen LogP contribution is -2.26. The lowest BCUT2D eigenvalue weighted by atomic mass is 10.1. The molecule has 1 N–H and O–H groups in total. The summed E-state index contributed by atoms with van der Waals surface area (Å²) in [6, 6.07) is 6.27. The van der Waals surface area contributed by atoms with Crippen LogP contribution in [-0.4, -0.2) is 12.5 Å². The molecule has 0 fully saturated rings. The Labute approximate surface area is 94.9 Å². The smallest absolute Gasteiger partial charge is 0.224 e. The van der Waals surface area contributed by atoms with Crippen LogP contribution < -0.4 is 5.32 Å². The van der Waals surface area contributed by atoms with Gasteiger partial charge in [0.05, 0.1) is 6.42 Å². The van der Waals surface area contributed by atoms with Crippen molar-refractivity contribution in [3.05, 3.63) is 35.6 Å². The highest BCUT2D eigenvalue weighted by molar-refractivity contribution is 5.78. The van der Waals surface area contributed by atoms with Crippen LogP contribution in [0, 0.1) is 18.2 Å². The summed E-state index contributed by atoms with van der Waals surface area (Å²) >= 11 is 0. The summed E-state index contributed by atoms with van der Waals surface area (Å²) in [5.74, 6) is 1.96. The quantitative estimate of drug-likeness (QED) is 0.594. The maximum Gasteiger partial charge on any atom is 0.224 e. The van der Waals surface area contributed by atoms with Gasteiger partial charge in [-0.1, -0.05) is 18.2 Å². The summed E-state index contributed by atoms with van der Waals surface area (Å²) in [5, 5.41) is 2.69. The van der Waals surface area contributed by atoms with Gasteiger partial charge in [-0.25, -0.2) is 4.39 Å². The number of rotatable bonds is 5. The second kappa shape index (κ2) is 6.62. The SMILES string of the molecule is C#CCCCNC(=O)Cc1ccccc1F. The molecule has 0 spiro atoms. The zero-order chi connectivity index (χ0) is 11.8. The predicted octanol–water partition coefficient (Wildman–Crippen LogP) is 1.90. The Morgan fingerprint density at radius 1 is 1.44 bits per heavy atom. The lowest BCUT2D eigenvalue weighted by Gasteiger charge is -2.04. The number of unbranched alkanes of at least 4 members (excludes halogenated alkanes) is 1. The summed E-state index contributed by atoms with van der Waals surface area (Å²) in [5.41, 5.74) is 0.414. The molecule has 0 bridgehead atoms. The summed E-state index contributed by atoms with van der Waals surface area (Å²) in [6.45, 7) is 0.539. The zero-order valence-electron chi connectivity index (χ0n) is 9.00. The van der Waals surface area contributed by atoms with Gasteiger partial charge in [-0.15, -0.1) is 12.3 Å². The van der Waals surface area contributed by atoms with Crippen LogP contribution >= 0.6 is 0 Å². The number of hydrogen-bond donors (Lipinski definition) is 1. The van der Waals surface area contributed by atoms with Gasteiger partial charge >= 0.3 is 0 Å². The van der Waals surface area contributed by atoms with Crippen LogP contribution in [0.15, 0.2) is 24.3 Å². The molecule has 0 heterocycles. The molecule has 0 radical (unpaired) electrons. The minimum absolute atomic E-state index is 0.0721. The third kappa shape index (κ3) is 4.14. The Balaban J connectivity index is 2.35. The molecule has 1 amide bonds. The van der Waals surface area contributed by atoms with Gasteiger partial charge in [0.2, 0.25) is 5.91 Å². The first-order valence-electron chi connectivity index (χ1n) is 5.17. The van der Waals surface area contributed by atoms with Crippen LogP contribution in [0.5, 0.6) is 0 Å². The molecule has 0 aliphatic rings. The second-order valence-electron chi connectivity index (χ2n) is 3.43. The van der Waals surface area contributed by atoms with Crippen molar-refractivity contribution in [2.45, 2.75) is 19.3 Å². The first-order valence-corrected chi connectivity index (χ1v) is 5.17. The van der Waals surface area contributed by atoms with E-state index < -0.39 is 0 Å². The van der Waals surface area contributed by atoms with Gasteiger partial charge in [0, 0.05) is 13.0 Å². The standard InChI is InChI=1S/C13H14FNO/c1-2-3-6-9-15-13(16)10-11-7-4-5-8-12(11)14/h1,4-5,7-8H,3,6,9-10H2,(H,15,16). The Morgan fingerprint density at radius 2 is 2.19 bits per heavy atom. The van der Waals surface area contributed by atoms with E-state index in [1.165, 1.54) is 6.07 Å². The van der Waals surface area contributed by atoms with E-state index in [1.807, 2.05) is 0 Å². The topological polar surface area (TPSA) is 29.1 Å². The molecule has 0 unspecified atom stereocenters. The second-order valence-corrected chi connectivity index (χ2v) is 3.43. The van der Waals surface area contributed by atoms with Crippen molar-refractivity contribution >= 4 is 5.91 Å². The zero-order valence-corrected chi connectivity index (χ0v) is 9.00. The number of carbonyl (C=O) groups excluding carboxylic acids is 1. The monoisotopic (exact) mass is 219 g/mol. The number of terminal acetylenes is 1. The van der Waals surface area contributed by atoms with Gasteiger partial charge in [-0.05, 0) is 18.1 Å². The Kier molecular flexibility index (Phi) is 5.07. The fourth-order valence-electron chi connectivity index (χ4n) is 1.30. The molecule has 0 atom stereocenters. The number of halogens is 1. The summed E-state index contributed by atoms with van der Waals surface area (Å²) in [4.78, 5) is 11.4. The first-order chi connectivity index (χ1) is 7.74. The molecule has 84 valence electrons. The van der Waals surface area contributed by atoms with Crippen molar-refractivity contribution < 1.29 is 9.18 Å². The van der Waals surface area contributed by atoms with E-state index in [9.17, 15) is 9.18 Å². The van der Waals surface area contributed by atoms with E-state index in [0.29, 0.717) is 18.5 Å². The molecule has 1 aromatic carbocycles. The number of benzene rings is 1. The highest BCUT2D eigenvalue weighted by Gasteiger charge is 2.06. The molecule has 0 aromatic heterocycles. The van der Waals surface area contributed by atoms with Crippen LogP contribution in [0.25, 0.3) is 0 Å². The van der Waals surface area contributed by atoms with Crippen LogP contribution in [0.3, 0.4) is 0 Å². The molecule has 16 heavy (non-hydrogen) atoms. The summed E-state index contributed by atoms with van der Waals surface area (Å²) in [6.07, 6.45) is 6.54. The van der Waals surface area contributed by atoms with Gasteiger partial charge in [0.25, 0.3) is 0 Å². The molecule has 1 rings (SSSR count). The number of amides is 1. The largest absolute Gasteiger partial charge is 0.356 e. The molecule has 2 nitrogen and oxygen atoms in total. The highest BCUT2D eigenvalue weighted by Crippen LogP contribution is 2.06. The van der Waals surface area contributed by atoms with Crippen molar-refractivity contribution in [2.24, 2.45) is 0 Å². The normalized spacial score (nSPS) is 9.50. The van der Waals surface area contributed by atoms with Crippen molar-refractivity contribution in [2.75, 3.05) is 6.54 Å². The van der Waals surface area contributed by atoms with Gasteiger partial charge in [-0.2, -0.15) is 0 Å². The van der Waals surface area contributed by atoms with Crippen molar-refractivity contribution in [3.63, 3.8) is 0 Å². The third-order valence-electron chi connectivity index (χ3n) is 2.13. The van der Waals surface area contributed by atoms with Gasteiger partial charge in [0.1, 0.15) is 5.82 Å². The van der Waals surface area contributed by atoms with Gasteiger partial charge < -0.3 is 5.32 Å². The van der Waals surface area contributed by atoms with Crippen molar-refractivity contribution in [1.29, 1.82) is 0 Å². The van der Waals surface area contributed by atoms with Crippen LogP contribution in [-0.2, 0) is 11.2 Å². The molecular formula is C13H14FNO. The van der Waals surface area contributed by atoms with E-state index in [4.69, 9.17) is 6.42 Å². The Bertz CT molecular complexity index is 395.